The van der Waals surface area contributed by atoms with Crippen LogP contribution in [0.5, 0.6) is 0 Å². The van der Waals surface area contributed by atoms with Gasteiger partial charge in [-0.2, -0.15) is 13.2 Å². The largest absolute Gasteiger partial charge is 0.490 e. The molecule has 0 aromatic carbocycles. The average Bonchev–Trinajstić information content (AvgIpc) is 3.30. The highest BCUT2D eigenvalue weighted by Gasteiger charge is 2.39. The van der Waals surface area contributed by atoms with Crippen molar-refractivity contribution < 1.29 is 32.3 Å². The van der Waals surface area contributed by atoms with E-state index in [2.05, 4.69) is 14.9 Å². The van der Waals surface area contributed by atoms with E-state index in [9.17, 15) is 18.0 Å². The quantitative estimate of drug-likeness (QED) is 0.765. The van der Waals surface area contributed by atoms with Crippen LogP contribution in [0.4, 0.5) is 19.1 Å². The van der Waals surface area contributed by atoms with E-state index in [0.717, 1.165) is 57.8 Å². The molecular weight excluding hydrogens is 417 g/mol. The summed E-state index contributed by atoms with van der Waals surface area (Å²) in [6.45, 7) is 3.63. The molecular formula is C20H23F3N4O4. The van der Waals surface area contributed by atoms with Crippen molar-refractivity contribution in [2.75, 3.05) is 31.1 Å². The van der Waals surface area contributed by atoms with Crippen molar-refractivity contribution in [2.45, 2.75) is 31.9 Å². The van der Waals surface area contributed by atoms with Crippen LogP contribution in [0.25, 0.3) is 0 Å². The average molecular weight is 440 g/mol. The second-order valence-electron chi connectivity index (χ2n) is 7.61. The summed E-state index contributed by atoms with van der Waals surface area (Å²) in [6.07, 6.45) is 4.50. The number of furan rings is 1. The van der Waals surface area contributed by atoms with Gasteiger partial charge in [0.1, 0.15) is 0 Å². The zero-order valence-electron chi connectivity index (χ0n) is 16.7. The first-order valence-corrected chi connectivity index (χ1v) is 9.85. The number of rotatable bonds is 2. The van der Waals surface area contributed by atoms with Gasteiger partial charge in [-0.05, 0) is 49.3 Å². The van der Waals surface area contributed by atoms with Crippen LogP contribution in [-0.4, -0.2) is 64.2 Å². The SMILES string of the molecule is O=C(O)C(F)(F)F.O=C(c1ccco1)N1CCC2(CC1)CCN(c1ncccn1)CC2. The number of likely N-dealkylation sites (tertiary alicyclic amines) is 1. The second-order valence-corrected chi connectivity index (χ2v) is 7.61. The third-order valence-corrected chi connectivity index (χ3v) is 5.74. The predicted molar refractivity (Wildman–Crippen MR) is 103 cm³/mol. The van der Waals surface area contributed by atoms with Crippen molar-refractivity contribution >= 4 is 17.8 Å². The molecule has 0 atom stereocenters. The Labute approximate surface area is 176 Å². The van der Waals surface area contributed by atoms with E-state index in [1.54, 1.807) is 30.8 Å². The smallest absolute Gasteiger partial charge is 0.475 e. The van der Waals surface area contributed by atoms with Crippen LogP contribution in [0.3, 0.4) is 0 Å². The highest BCUT2D eigenvalue weighted by atomic mass is 19.4. The van der Waals surface area contributed by atoms with Crippen LogP contribution >= 0.6 is 0 Å². The summed E-state index contributed by atoms with van der Waals surface area (Å²) in [6, 6.07) is 5.35. The number of carbonyl (C=O) groups excluding carboxylic acids is 1. The maximum absolute atomic E-state index is 12.4. The standard InChI is InChI=1S/C18H22N4O2.C2HF3O2/c23-16(15-3-1-14-24-15)21-10-4-18(5-11-21)6-12-22(13-7-18)17-19-8-2-9-20-17;3-2(4,5)1(6)7/h1-3,8-9,14H,4-7,10-13H2;(H,6,7). The van der Waals surface area contributed by atoms with Gasteiger partial charge in [-0.1, -0.05) is 0 Å². The fourth-order valence-corrected chi connectivity index (χ4v) is 3.88. The van der Waals surface area contributed by atoms with Gasteiger partial charge in [-0.25, -0.2) is 14.8 Å². The van der Waals surface area contributed by atoms with Gasteiger partial charge in [-0.15, -0.1) is 0 Å². The van der Waals surface area contributed by atoms with Crippen LogP contribution in [0.1, 0.15) is 36.2 Å². The van der Waals surface area contributed by atoms with Crippen molar-refractivity contribution in [3.8, 4) is 0 Å². The molecule has 1 amide bonds. The Morgan fingerprint density at radius 3 is 2.03 bits per heavy atom. The molecule has 2 saturated heterocycles. The summed E-state index contributed by atoms with van der Waals surface area (Å²) in [4.78, 5) is 34.2. The molecule has 0 radical (unpaired) electrons. The molecule has 4 heterocycles. The molecule has 0 aliphatic carbocycles. The van der Waals surface area contributed by atoms with Crippen LogP contribution in [-0.2, 0) is 4.79 Å². The minimum Gasteiger partial charge on any atom is -0.475 e. The normalized spacial score (nSPS) is 18.3. The molecule has 2 aliphatic rings. The first-order chi connectivity index (χ1) is 14.7. The molecule has 1 spiro atoms. The lowest BCUT2D eigenvalue weighted by Gasteiger charge is -2.46. The highest BCUT2D eigenvalue weighted by Crippen LogP contribution is 2.41. The predicted octanol–water partition coefficient (Wildman–Crippen LogP) is 3.23. The molecule has 2 aliphatic heterocycles. The number of carboxylic acid groups (broad SMARTS) is 1. The molecule has 168 valence electrons. The number of carboxylic acids is 1. The number of amides is 1. The lowest BCUT2D eigenvalue weighted by Crippen LogP contribution is -2.48. The third kappa shape index (κ3) is 5.74. The Balaban J connectivity index is 0.000000339. The number of piperidine rings is 2. The molecule has 11 heteroatoms. The number of hydrogen-bond donors (Lipinski definition) is 1. The molecule has 2 fully saturated rings. The summed E-state index contributed by atoms with van der Waals surface area (Å²) in [5.74, 6) is -1.46. The molecule has 8 nitrogen and oxygen atoms in total. The first-order valence-electron chi connectivity index (χ1n) is 9.85. The van der Waals surface area contributed by atoms with Gasteiger partial charge in [0.05, 0.1) is 6.26 Å². The zero-order chi connectivity index (χ0) is 22.5. The number of aliphatic carboxylic acids is 1. The van der Waals surface area contributed by atoms with Crippen LogP contribution in [0.2, 0.25) is 0 Å². The van der Waals surface area contributed by atoms with Gasteiger partial charge < -0.3 is 19.3 Å². The molecule has 2 aromatic heterocycles. The number of carbonyl (C=O) groups is 2. The number of halogens is 3. The number of anilines is 1. The van der Waals surface area contributed by atoms with Crippen molar-refractivity contribution in [2.24, 2.45) is 5.41 Å². The summed E-state index contributed by atoms with van der Waals surface area (Å²) in [5.41, 5.74) is 0.366. The van der Waals surface area contributed by atoms with Crippen LogP contribution < -0.4 is 4.90 Å². The van der Waals surface area contributed by atoms with E-state index < -0.39 is 12.1 Å². The van der Waals surface area contributed by atoms with E-state index in [4.69, 9.17) is 14.3 Å². The minimum atomic E-state index is -5.08. The number of aromatic nitrogens is 2. The number of alkyl halides is 3. The fraction of sp³-hybridized carbons (Fsp3) is 0.500. The number of nitrogens with zero attached hydrogens (tertiary/aromatic N) is 4. The molecule has 4 rings (SSSR count). The zero-order valence-corrected chi connectivity index (χ0v) is 16.7. The lowest BCUT2D eigenvalue weighted by molar-refractivity contribution is -0.192. The Bertz CT molecular complexity index is 856. The molecule has 0 saturated carbocycles. The maximum atomic E-state index is 12.4. The van der Waals surface area contributed by atoms with E-state index in [1.165, 1.54) is 0 Å². The van der Waals surface area contributed by atoms with Gasteiger partial charge >= 0.3 is 12.1 Å². The Morgan fingerprint density at radius 1 is 1.00 bits per heavy atom. The van der Waals surface area contributed by atoms with Crippen LogP contribution in [0, 0.1) is 5.41 Å². The Morgan fingerprint density at radius 2 is 1.55 bits per heavy atom. The van der Waals surface area contributed by atoms with Crippen LogP contribution in [0.15, 0.2) is 41.3 Å². The summed E-state index contributed by atoms with van der Waals surface area (Å²) < 4.78 is 37.0. The summed E-state index contributed by atoms with van der Waals surface area (Å²) in [7, 11) is 0. The van der Waals surface area contributed by atoms with Gasteiger partial charge in [0.15, 0.2) is 5.76 Å². The van der Waals surface area contributed by atoms with E-state index >= 15 is 0 Å². The molecule has 0 unspecified atom stereocenters. The van der Waals surface area contributed by atoms with E-state index in [-0.39, 0.29) is 5.91 Å². The molecule has 1 N–H and O–H groups in total. The van der Waals surface area contributed by atoms with E-state index in [1.807, 2.05) is 11.0 Å². The number of hydrogen-bond acceptors (Lipinski definition) is 6. The lowest BCUT2D eigenvalue weighted by atomic mass is 9.71. The summed E-state index contributed by atoms with van der Waals surface area (Å²) in [5, 5.41) is 7.12. The minimum absolute atomic E-state index is 0.0185. The maximum Gasteiger partial charge on any atom is 0.490 e. The van der Waals surface area contributed by atoms with Gasteiger partial charge in [0, 0.05) is 38.6 Å². The van der Waals surface area contributed by atoms with Gasteiger partial charge in [0.2, 0.25) is 5.95 Å². The first kappa shape index (κ1) is 22.6. The molecule has 31 heavy (non-hydrogen) atoms. The Kier molecular flexibility index (Phi) is 6.81. The third-order valence-electron chi connectivity index (χ3n) is 5.74. The molecule has 0 bridgehead atoms. The second kappa shape index (κ2) is 9.36. The van der Waals surface area contributed by atoms with Crippen molar-refractivity contribution in [1.82, 2.24) is 14.9 Å². The monoisotopic (exact) mass is 440 g/mol. The van der Waals surface area contributed by atoms with Gasteiger partial charge in [0.25, 0.3) is 5.91 Å². The topological polar surface area (TPSA) is 99.8 Å². The summed E-state index contributed by atoms with van der Waals surface area (Å²) >= 11 is 0. The fourth-order valence-electron chi connectivity index (χ4n) is 3.88. The Hall–Kier alpha value is -3.11. The highest BCUT2D eigenvalue weighted by molar-refractivity contribution is 5.91. The van der Waals surface area contributed by atoms with Crippen molar-refractivity contribution in [3.05, 3.63) is 42.6 Å². The van der Waals surface area contributed by atoms with Gasteiger partial charge in [-0.3, -0.25) is 4.79 Å². The van der Waals surface area contributed by atoms with Crippen molar-refractivity contribution in [3.63, 3.8) is 0 Å². The van der Waals surface area contributed by atoms with Crippen molar-refractivity contribution in [1.29, 1.82) is 0 Å². The van der Waals surface area contributed by atoms with E-state index in [0.29, 0.717) is 11.2 Å². The molecule has 2 aromatic rings.